The second-order valence-electron chi connectivity index (χ2n) is 4.33. The number of fused-ring (bicyclic) bond motifs is 1. The molecular formula is C14H14N2O3. The molecular weight excluding hydrogens is 244 g/mol. The molecule has 0 bridgehead atoms. The smallest absolute Gasteiger partial charge is 0.327 e. The first-order valence-corrected chi connectivity index (χ1v) is 5.93. The minimum Gasteiger partial charge on any atom is -0.480 e. The number of hydrogen-bond acceptors (Lipinski definition) is 3. The quantitative estimate of drug-likeness (QED) is 0.698. The molecule has 0 fully saturated rings. The maximum Gasteiger partial charge on any atom is 0.327 e. The normalized spacial score (nSPS) is 17.7. The molecule has 2 unspecified atom stereocenters. The zero-order valence-corrected chi connectivity index (χ0v) is 10.2. The number of nitrogens with one attached hydrogen (secondary N) is 2. The maximum absolute atomic E-state index is 12.1. The molecule has 0 aliphatic carbocycles. The van der Waals surface area contributed by atoms with E-state index in [0.29, 0.717) is 6.54 Å². The number of carbonyl (C=O) groups is 2. The van der Waals surface area contributed by atoms with E-state index in [9.17, 15) is 9.59 Å². The van der Waals surface area contributed by atoms with Crippen LogP contribution in [-0.2, 0) is 9.59 Å². The monoisotopic (exact) mass is 258 g/mol. The standard InChI is InChI=1S/C14H14N2O3/c1-2-5-12(14(18)19)16-13(17)10-8-15-11-7-4-3-6-9(10)11/h1,3-4,6-7,10,12,15H,5,8H2,(H,16,17)(H,18,19). The summed E-state index contributed by atoms with van der Waals surface area (Å²) in [6.45, 7) is 0.466. The van der Waals surface area contributed by atoms with Gasteiger partial charge in [-0.25, -0.2) is 4.79 Å². The molecule has 1 aliphatic rings. The highest BCUT2D eigenvalue weighted by Crippen LogP contribution is 2.31. The fraction of sp³-hybridized carbons (Fsp3) is 0.286. The van der Waals surface area contributed by atoms with Gasteiger partial charge in [0.25, 0.3) is 0 Å². The van der Waals surface area contributed by atoms with Crippen molar-refractivity contribution in [2.24, 2.45) is 0 Å². The summed E-state index contributed by atoms with van der Waals surface area (Å²) in [5.74, 6) is 0.435. The number of amides is 1. The van der Waals surface area contributed by atoms with Crippen LogP contribution in [0.2, 0.25) is 0 Å². The summed E-state index contributed by atoms with van der Waals surface area (Å²) in [5.41, 5.74) is 1.79. The number of anilines is 1. The van der Waals surface area contributed by atoms with Crippen LogP contribution in [-0.4, -0.2) is 29.6 Å². The van der Waals surface area contributed by atoms with Crippen molar-refractivity contribution in [3.8, 4) is 12.3 Å². The number of hydrogen-bond donors (Lipinski definition) is 3. The van der Waals surface area contributed by atoms with E-state index in [4.69, 9.17) is 11.5 Å². The fourth-order valence-corrected chi connectivity index (χ4v) is 2.11. The Hall–Kier alpha value is -2.48. The number of para-hydroxylation sites is 1. The Balaban J connectivity index is 2.10. The second kappa shape index (κ2) is 5.44. The van der Waals surface area contributed by atoms with E-state index in [2.05, 4.69) is 16.6 Å². The number of terminal acetylenes is 1. The van der Waals surface area contributed by atoms with E-state index in [-0.39, 0.29) is 18.2 Å². The van der Waals surface area contributed by atoms with Crippen molar-refractivity contribution in [2.75, 3.05) is 11.9 Å². The topological polar surface area (TPSA) is 78.4 Å². The minimum atomic E-state index is -1.12. The molecule has 19 heavy (non-hydrogen) atoms. The van der Waals surface area contributed by atoms with Crippen LogP contribution in [0.25, 0.3) is 0 Å². The van der Waals surface area contributed by atoms with E-state index in [1.807, 2.05) is 24.3 Å². The van der Waals surface area contributed by atoms with Gasteiger partial charge in [0.1, 0.15) is 6.04 Å². The van der Waals surface area contributed by atoms with Crippen molar-refractivity contribution in [2.45, 2.75) is 18.4 Å². The second-order valence-corrected chi connectivity index (χ2v) is 4.33. The molecule has 1 aromatic rings. The van der Waals surface area contributed by atoms with E-state index < -0.39 is 12.0 Å². The van der Waals surface area contributed by atoms with Crippen molar-refractivity contribution in [3.05, 3.63) is 29.8 Å². The molecule has 0 radical (unpaired) electrons. The number of rotatable bonds is 4. The number of carbonyl (C=O) groups excluding carboxylic acids is 1. The number of carboxylic acids is 1. The van der Waals surface area contributed by atoms with Gasteiger partial charge in [-0.1, -0.05) is 18.2 Å². The molecule has 0 aromatic heterocycles. The summed E-state index contributed by atoms with van der Waals surface area (Å²) in [5, 5.41) is 14.6. The molecule has 1 heterocycles. The van der Waals surface area contributed by atoms with Crippen LogP contribution in [0.1, 0.15) is 17.9 Å². The lowest BCUT2D eigenvalue weighted by molar-refractivity contribution is -0.141. The first-order chi connectivity index (χ1) is 9.13. The summed E-state index contributed by atoms with van der Waals surface area (Å²) < 4.78 is 0. The molecule has 0 spiro atoms. The number of benzene rings is 1. The average molecular weight is 258 g/mol. The van der Waals surface area contributed by atoms with Gasteiger partial charge in [-0.05, 0) is 11.6 Å². The van der Waals surface area contributed by atoms with Gasteiger partial charge in [-0.3, -0.25) is 4.79 Å². The molecule has 5 nitrogen and oxygen atoms in total. The fourth-order valence-electron chi connectivity index (χ4n) is 2.11. The van der Waals surface area contributed by atoms with Crippen LogP contribution in [0.5, 0.6) is 0 Å². The Kier molecular flexibility index (Phi) is 3.71. The Morgan fingerprint density at radius 1 is 1.53 bits per heavy atom. The van der Waals surface area contributed by atoms with Crippen molar-refractivity contribution in [1.82, 2.24) is 5.32 Å². The zero-order chi connectivity index (χ0) is 13.8. The lowest BCUT2D eigenvalue weighted by atomic mass is 10.00. The van der Waals surface area contributed by atoms with Crippen LogP contribution in [0, 0.1) is 12.3 Å². The summed E-state index contributed by atoms with van der Waals surface area (Å²) in [4.78, 5) is 23.1. The van der Waals surface area contributed by atoms with Crippen molar-refractivity contribution < 1.29 is 14.7 Å². The molecule has 1 aromatic carbocycles. The Labute approximate surface area is 111 Å². The minimum absolute atomic E-state index is 0.0249. The average Bonchev–Trinajstić information content (AvgIpc) is 2.81. The van der Waals surface area contributed by atoms with Gasteiger partial charge < -0.3 is 15.7 Å². The van der Waals surface area contributed by atoms with E-state index in [1.54, 1.807) is 0 Å². The summed E-state index contributed by atoms with van der Waals surface area (Å²) in [7, 11) is 0. The van der Waals surface area contributed by atoms with Crippen LogP contribution in [0.3, 0.4) is 0 Å². The Morgan fingerprint density at radius 2 is 2.26 bits per heavy atom. The predicted molar refractivity (Wildman–Crippen MR) is 70.7 cm³/mol. The Morgan fingerprint density at radius 3 is 2.95 bits per heavy atom. The number of aliphatic carboxylic acids is 1. The first kappa shape index (κ1) is 13.0. The summed E-state index contributed by atoms with van der Waals surface area (Å²) >= 11 is 0. The third-order valence-corrected chi connectivity index (χ3v) is 3.09. The van der Waals surface area contributed by atoms with E-state index in [1.165, 1.54) is 0 Å². The largest absolute Gasteiger partial charge is 0.480 e. The van der Waals surface area contributed by atoms with E-state index >= 15 is 0 Å². The SMILES string of the molecule is C#CCC(NC(=O)C1CNc2ccccc21)C(=O)O. The highest BCUT2D eigenvalue weighted by Gasteiger charge is 2.30. The first-order valence-electron chi connectivity index (χ1n) is 5.93. The molecule has 3 N–H and O–H groups in total. The van der Waals surface area contributed by atoms with Gasteiger partial charge in [0.05, 0.1) is 5.92 Å². The van der Waals surface area contributed by atoms with Gasteiger partial charge in [0.15, 0.2) is 0 Å². The zero-order valence-electron chi connectivity index (χ0n) is 10.2. The third-order valence-electron chi connectivity index (χ3n) is 3.09. The predicted octanol–water partition coefficient (Wildman–Crippen LogP) is 0.788. The van der Waals surface area contributed by atoms with Crippen molar-refractivity contribution in [1.29, 1.82) is 0 Å². The molecule has 5 heteroatoms. The van der Waals surface area contributed by atoms with Gasteiger partial charge in [0.2, 0.25) is 5.91 Å². The van der Waals surface area contributed by atoms with Crippen LogP contribution in [0.4, 0.5) is 5.69 Å². The molecule has 1 amide bonds. The lowest BCUT2D eigenvalue weighted by Crippen LogP contribution is -2.43. The molecule has 98 valence electrons. The molecule has 2 atom stereocenters. The van der Waals surface area contributed by atoms with Crippen LogP contribution in [0.15, 0.2) is 24.3 Å². The van der Waals surface area contributed by atoms with Gasteiger partial charge >= 0.3 is 5.97 Å². The number of carboxylic acid groups (broad SMARTS) is 1. The van der Waals surface area contributed by atoms with Gasteiger partial charge in [-0.2, -0.15) is 0 Å². The molecule has 2 rings (SSSR count). The Bertz CT molecular complexity index is 548. The highest BCUT2D eigenvalue weighted by atomic mass is 16.4. The molecule has 0 saturated carbocycles. The van der Waals surface area contributed by atoms with Gasteiger partial charge in [-0.15, -0.1) is 12.3 Å². The van der Waals surface area contributed by atoms with E-state index in [0.717, 1.165) is 11.3 Å². The summed E-state index contributed by atoms with van der Waals surface area (Å²) in [6, 6.07) is 6.44. The maximum atomic E-state index is 12.1. The van der Waals surface area contributed by atoms with Crippen LogP contribution >= 0.6 is 0 Å². The summed E-state index contributed by atoms with van der Waals surface area (Å²) in [6.07, 6.45) is 5.07. The molecule has 1 aliphatic heterocycles. The third kappa shape index (κ3) is 2.68. The molecule has 0 saturated heterocycles. The lowest BCUT2D eigenvalue weighted by Gasteiger charge is -2.15. The van der Waals surface area contributed by atoms with Crippen molar-refractivity contribution >= 4 is 17.6 Å². The van der Waals surface area contributed by atoms with Crippen molar-refractivity contribution in [3.63, 3.8) is 0 Å². The highest BCUT2D eigenvalue weighted by molar-refractivity contribution is 5.91. The van der Waals surface area contributed by atoms with Gasteiger partial charge in [0, 0.05) is 18.7 Å². The van der Waals surface area contributed by atoms with Crippen LogP contribution < -0.4 is 10.6 Å².